The van der Waals surface area contributed by atoms with Crippen LogP contribution in [0.1, 0.15) is 36.0 Å². The average Bonchev–Trinajstić information content (AvgIpc) is 3.15. The van der Waals surface area contributed by atoms with Gasteiger partial charge in [0.1, 0.15) is 5.82 Å². The van der Waals surface area contributed by atoms with Gasteiger partial charge in [-0.3, -0.25) is 5.32 Å². The third-order valence-electron chi connectivity index (χ3n) is 4.18. The van der Waals surface area contributed by atoms with Gasteiger partial charge in [-0.05, 0) is 29.2 Å². The summed E-state index contributed by atoms with van der Waals surface area (Å²) in [5.74, 6) is 0.969. The van der Waals surface area contributed by atoms with Crippen LogP contribution < -0.4 is 5.32 Å². The summed E-state index contributed by atoms with van der Waals surface area (Å²) < 4.78 is 0. The highest BCUT2D eigenvalue weighted by Crippen LogP contribution is 2.43. The van der Waals surface area contributed by atoms with Gasteiger partial charge in [0.05, 0.1) is 12.1 Å². The van der Waals surface area contributed by atoms with Crippen LogP contribution in [-0.4, -0.2) is 9.97 Å². The Kier molecular flexibility index (Phi) is 2.86. The van der Waals surface area contributed by atoms with E-state index in [9.17, 15) is 0 Å². The number of benzene rings is 2. The van der Waals surface area contributed by atoms with E-state index in [0.29, 0.717) is 0 Å². The van der Waals surface area contributed by atoms with Crippen molar-refractivity contribution < 1.29 is 0 Å². The van der Waals surface area contributed by atoms with Crippen molar-refractivity contribution in [2.24, 2.45) is 0 Å². The fourth-order valence-electron chi connectivity index (χ4n) is 3.18. The number of nitrogens with one attached hydrogen (secondary N) is 2. The van der Waals surface area contributed by atoms with Crippen molar-refractivity contribution in [3.05, 3.63) is 77.9 Å². The second-order valence-corrected chi connectivity index (χ2v) is 5.47. The molecule has 104 valence electrons. The van der Waals surface area contributed by atoms with Crippen LogP contribution in [0.25, 0.3) is 11.1 Å². The molecule has 0 bridgehead atoms. The SMILES string of the molecule is CC(NC1c2ccccc2-c2ccccc21)c1ncc[nH]1. The molecule has 1 atom stereocenters. The third kappa shape index (κ3) is 1.98. The topological polar surface area (TPSA) is 40.7 Å². The van der Waals surface area contributed by atoms with Crippen LogP contribution in [0.4, 0.5) is 0 Å². The molecule has 0 spiro atoms. The van der Waals surface area contributed by atoms with E-state index in [1.807, 2.05) is 6.20 Å². The van der Waals surface area contributed by atoms with E-state index in [0.717, 1.165) is 5.82 Å². The summed E-state index contributed by atoms with van der Waals surface area (Å²) in [5, 5.41) is 3.70. The van der Waals surface area contributed by atoms with Gasteiger partial charge in [-0.1, -0.05) is 48.5 Å². The Morgan fingerprint density at radius 2 is 1.62 bits per heavy atom. The van der Waals surface area contributed by atoms with E-state index in [-0.39, 0.29) is 12.1 Å². The van der Waals surface area contributed by atoms with Gasteiger partial charge < -0.3 is 4.98 Å². The highest BCUT2D eigenvalue weighted by Gasteiger charge is 2.29. The smallest absolute Gasteiger partial charge is 0.122 e. The van der Waals surface area contributed by atoms with E-state index in [1.165, 1.54) is 22.3 Å². The summed E-state index contributed by atoms with van der Waals surface area (Å²) in [6.45, 7) is 2.14. The molecule has 4 rings (SSSR count). The molecule has 1 aliphatic rings. The number of imidazole rings is 1. The van der Waals surface area contributed by atoms with Gasteiger partial charge in [-0.25, -0.2) is 4.98 Å². The van der Waals surface area contributed by atoms with Crippen molar-refractivity contribution >= 4 is 0 Å². The zero-order chi connectivity index (χ0) is 14.2. The minimum atomic E-state index is 0.171. The molecular weight excluding hydrogens is 258 g/mol. The molecule has 0 saturated heterocycles. The van der Waals surface area contributed by atoms with Crippen LogP contribution in [0.2, 0.25) is 0 Å². The van der Waals surface area contributed by atoms with Crippen LogP contribution in [0, 0.1) is 0 Å². The van der Waals surface area contributed by atoms with E-state index in [1.54, 1.807) is 6.20 Å². The molecule has 2 N–H and O–H groups in total. The van der Waals surface area contributed by atoms with Crippen molar-refractivity contribution in [1.82, 2.24) is 15.3 Å². The molecule has 1 aromatic heterocycles. The van der Waals surface area contributed by atoms with Crippen LogP contribution in [0.5, 0.6) is 0 Å². The monoisotopic (exact) mass is 275 g/mol. The molecule has 0 saturated carbocycles. The van der Waals surface area contributed by atoms with Crippen LogP contribution in [0.15, 0.2) is 60.9 Å². The normalized spacial score (nSPS) is 14.7. The predicted octanol–water partition coefficient (Wildman–Crippen LogP) is 3.83. The molecule has 0 aliphatic heterocycles. The summed E-state index contributed by atoms with van der Waals surface area (Å²) >= 11 is 0. The number of rotatable bonds is 3. The van der Waals surface area contributed by atoms with Crippen molar-refractivity contribution in [1.29, 1.82) is 0 Å². The lowest BCUT2D eigenvalue weighted by atomic mass is 10.0. The fourth-order valence-corrected chi connectivity index (χ4v) is 3.18. The third-order valence-corrected chi connectivity index (χ3v) is 4.18. The Bertz CT molecular complexity index is 716. The van der Waals surface area contributed by atoms with Crippen molar-refractivity contribution in [3.8, 4) is 11.1 Å². The highest BCUT2D eigenvalue weighted by atomic mass is 15.0. The zero-order valence-electron chi connectivity index (χ0n) is 11.9. The Morgan fingerprint density at radius 3 is 2.19 bits per heavy atom. The Morgan fingerprint density at radius 1 is 1.00 bits per heavy atom. The number of hydrogen-bond acceptors (Lipinski definition) is 2. The average molecular weight is 275 g/mol. The molecule has 21 heavy (non-hydrogen) atoms. The first-order chi connectivity index (χ1) is 10.3. The second kappa shape index (κ2) is 4.86. The summed E-state index contributed by atoms with van der Waals surface area (Å²) in [6, 6.07) is 17.6. The number of aromatic amines is 1. The summed E-state index contributed by atoms with van der Waals surface area (Å²) in [6.07, 6.45) is 3.66. The van der Waals surface area contributed by atoms with Gasteiger partial charge in [0.2, 0.25) is 0 Å². The van der Waals surface area contributed by atoms with Crippen molar-refractivity contribution in [2.75, 3.05) is 0 Å². The summed E-state index contributed by atoms with van der Waals surface area (Å²) in [7, 11) is 0. The lowest BCUT2D eigenvalue weighted by molar-refractivity contribution is 0.505. The quantitative estimate of drug-likeness (QED) is 0.762. The van der Waals surface area contributed by atoms with Crippen LogP contribution in [-0.2, 0) is 0 Å². The van der Waals surface area contributed by atoms with Gasteiger partial charge in [0, 0.05) is 12.4 Å². The molecule has 0 radical (unpaired) electrons. The largest absolute Gasteiger partial charge is 0.347 e. The Labute approximate surface area is 124 Å². The van der Waals surface area contributed by atoms with Gasteiger partial charge in [0.15, 0.2) is 0 Å². The van der Waals surface area contributed by atoms with E-state index < -0.39 is 0 Å². The van der Waals surface area contributed by atoms with E-state index in [2.05, 4.69) is 70.7 Å². The zero-order valence-corrected chi connectivity index (χ0v) is 11.9. The molecule has 3 heteroatoms. The maximum absolute atomic E-state index is 4.35. The van der Waals surface area contributed by atoms with Gasteiger partial charge in [-0.15, -0.1) is 0 Å². The van der Waals surface area contributed by atoms with Crippen LogP contribution >= 0.6 is 0 Å². The van der Waals surface area contributed by atoms with Gasteiger partial charge in [0.25, 0.3) is 0 Å². The molecular formula is C18H17N3. The first-order valence-corrected chi connectivity index (χ1v) is 7.28. The fraction of sp³-hybridized carbons (Fsp3) is 0.167. The molecule has 0 amide bonds. The van der Waals surface area contributed by atoms with Gasteiger partial charge >= 0.3 is 0 Å². The molecule has 2 aromatic carbocycles. The Hall–Kier alpha value is -2.39. The second-order valence-electron chi connectivity index (χ2n) is 5.47. The van der Waals surface area contributed by atoms with Crippen LogP contribution in [0.3, 0.4) is 0 Å². The Balaban J connectivity index is 1.75. The summed E-state index contributed by atoms with van der Waals surface area (Å²) in [4.78, 5) is 7.54. The molecule has 3 aromatic rings. The van der Waals surface area contributed by atoms with Crippen molar-refractivity contribution in [3.63, 3.8) is 0 Å². The number of aromatic nitrogens is 2. The molecule has 1 unspecified atom stereocenters. The number of hydrogen-bond donors (Lipinski definition) is 2. The lowest BCUT2D eigenvalue weighted by Crippen LogP contribution is -2.24. The maximum Gasteiger partial charge on any atom is 0.122 e. The predicted molar refractivity (Wildman–Crippen MR) is 83.9 cm³/mol. The number of fused-ring (bicyclic) bond motifs is 3. The first kappa shape index (κ1) is 12.4. The summed E-state index contributed by atoms with van der Waals surface area (Å²) in [5.41, 5.74) is 5.35. The van der Waals surface area contributed by atoms with Gasteiger partial charge in [-0.2, -0.15) is 0 Å². The molecule has 0 fully saturated rings. The van der Waals surface area contributed by atoms with E-state index >= 15 is 0 Å². The highest BCUT2D eigenvalue weighted by molar-refractivity contribution is 5.78. The minimum absolute atomic E-state index is 0.171. The standard InChI is InChI=1S/C18H17N3/c1-12(18-19-10-11-20-18)21-17-15-8-4-2-6-13(15)14-7-3-5-9-16(14)17/h2-12,17,21H,1H3,(H,19,20). The molecule has 1 heterocycles. The van der Waals surface area contributed by atoms with E-state index in [4.69, 9.17) is 0 Å². The molecule has 3 nitrogen and oxygen atoms in total. The van der Waals surface area contributed by atoms with Crippen molar-refractivity contribution in [2.45, 2.75) is 19.0 Å². The number of H-pyrrole nitrogens is 1. The lowest BCUT2D eigenvalue weighted by Gasteiger charge is -2.20. The minimum Gasteiger partial charge on any atom is -0.347 e. The first-order valence-electron chi connectivity index (χ1n) is 7.28. The maximum atomic E-state index is 4.35. The number of nitrogens with zero attached hydrogens (tertiary/aromatic N) is 1. The molecule has 1 aliphatic carbocycles.